The van der Waals surface area contributed by atoms with Crippen LogP contribution in [0.2, 0.25) is 0 Å². The molecule has 0 saturated carbocycles. The molecule has 5 aromatic rings. The Bertz CT molecular complexity index is 1530. The molecule has 0 atom stereocenters. The molecule has 36 heavy (non-hydrogen) atoms. The van der Waals surface area contributed by atoms with Gasteiger partial charge in [-0.05, 0) is 52.1 Å². The average molecular weight is 485 g/mol. The highest BCUT2D eigenvalue weighted by Gasteiger charge is 2.19. The van der Waals surface area contributed by atoms with Crippen molar-refractivity contribution in [3.63, 3.8) is 0 Å². The van der Waals surface area contributed by atoms with Crippen LogP contribution in [0.5, 0.6) is 0 Å². The first kappa shape index (κ1) is 23.4. The Morgan fingerprint density at radius 2 is 1.89 bits per heavy atom. The van der Waals surface area contributed by atoms with Crippen molar-refractivity contribution in [2.75, 3.05) is 0 Å². The van der Waals surface area contributed by atoms with Gasteiger partial charge in [0.25, 0.3) is 0 Å². The summed E-state index contributed by atoms with van der Waals surface area (Å²) >= 11 is 0. The largest absolute Gasteiger partial charge is 0.392 e. The molecule has 0 amide bonds. The molecule has 0 radical (unpaired) electrons. The number of hydrogen-bond acceptors (Lipinski definition) is 6. The summed E-state index contributed by atoms with van der Waals surface area (Å²) in [5.74, 6) is 1.24. The molecule has 0 fully saturated rings. The van der Waals surface area contributed by atoms with Crippen molar-refractivity contribution >= 4 is 0 Å². The molecule has 0 spiro atoms. The third-order valence-electron chi connectivity index (χ3n) is 6.42. The number of nitrogens with one attached hydrogen (secondary N) is 1. The molecule has 10 nitrogen and oxygen atoms in total. The summed E-state index contributed by atoms with van der Waals surface area (Å²) in [6, 6.07) is 11.7. The van der Waals surface area contributed by atoms with Gasteiger partial charge in [0, 0.05) is 48.7 Å². The molecule has 5 rings (SSSR count). The van der Waals surface area contributed by atoms with E-state index >= 15 is 0 Å². The fraction of sp³-hybridized carbons (Fsp3) is 0.269. The first-order chi connectivity index (χ1) is 17.6. The van der Waals surface area contributed by atoms with Crippen LogP contribution in [0.15, 0.2) is 66.0 Å². The number of aliphatic hydroxyl groups excluding tert-OH is 1. The minimum Gasteiger partial charge on any atom is -0.392 e. The molecular weight excluding hydrogens is 456 g/mol. The monoisotopic (exact) mass is 484 g/mol. The molecule has 4 heterocycles. The van der Waals surface area contributed by atoms with Gasteiger partial charge in [-0.25, -0.2) is 9.89 Å². The number of H-pyrrole nitrogens is 1. The molecule has 4 aromatic heterocycles. The Hall–Kier alpha value is -4.31. The molecule has 0 unspecified atom stereocenters. The maximum Gasteiger partial charge on any atom is 0.334 e. The SMILES string of the molecule is CCCCc1cn(-c2c(CO)ccn2C)c(=O)n1Cc1cnccc1-c1ccccc1-c1nnn[nH]1. The zero-order chi connectivity index (χ0) is 25.1. The summed E-state index contributed by atoms with van der Waals surface area (Å²) in [7, 11) is 1.87. The smallest absolute Gasteiger partial charge is 0.334 e. The molecule has 184 valence electrons. The molecule has 0 saturated heterocycles. The Kier molecular flexibility index (Phi) is 6.59. The third kappa shape index (κ3) is 4.27. The highest BCUT2D eigenvalue weighted by atomic mass is 16.3. The van der Waals surface area contributed by atoms with E-state index in [1.165, 1.54) is 0 Å². The minimum atomic E-state index is -0.153. The summed E-state index contributed by atoms with van der Waals surface area (Å²) < 4.78 is 5.31. The van der Waals surface area contributed by atoms with Crippen LogP contribution in [0, 0.1) is 0 Å². The molecule has 2 N–H and O–H groups in total. The van der Waals surface area contributed by atoms with Gasteiger partial charge in [-0.2, -0.15) is 0 Å². The predicted octanol–water partition coefficient (Wildman–Crippen LogP) is 3.10. The van der Waals surface area contributed by atoms with E-state index in [4.69, 9.17) is 0 Å². The first-order valence-corrected chi connectivity index (χ1v) is 11.9. The number of nitrogens with zero attached hydrogens (tertiary/aromatic N) is 7. The summed E-state index contributed by atoms with van der Waals surface area (Å²) in [6.07, 6.45) is 10.1. The lowest BCUT2D eigenvalue weighted by Crippen LogP contribution is -2.26. The number of aromatic nitrogens is 8. The van der Waals surface area contributed by atoms with Crippen molar-refractivity contribution in [3.8, 4) is 28.3 Å². The van der Waals surface area contributed by atoms with Crippen molar-refractivity contribution in [2.45, 2.75) is 39.3 Å². The van der Waals surface area contributed by atoms with Crippen molar-refractivity contribution in [3.05, 3.63) is 88.5 Å². The molecule has 0 aliphatic heterocycles. The number of rotatable bonds is 9. The van der Waals surface area contributed by atoms with Gasteiger partial charge in [-0.15, -0.1) is 5.10 Å². The number of aromatic amines is 1. The van der Waals surface area contributed by atoms with Gasteiger partial charge >= 0.3 is 5.69 Å². The molecule has 1 aromatic carbocycles. The number of imidazole rings is 1. The topological polar surface area (TPSA) is 119 Å². The van der Waals surface area contributed by atoms with E-state index < -0.39 is 0 Å². The van der Waals surface area contributed by atoms with Crippen molar-refractivity contribution < 1.29 is 5.11 Å². The molecular formula is C26H28N8O2. The zero-order valence-electron chi connectivity index (χ0n) is 20.3. The van der Waals surface area contributed by atoms with Crippen LogP contribution in [0.25, 0.3) is 28.3 Å². The first-order valence-electron chi connectivity index (χ1n) is 11.9. The summed E-state index contributed by atoms with van der Waals surface area (Å²) in [4.78, 5) is 18.1. The summed E-state index contributed by atoms with van der Waals surface area (Å²) in [5, 5.41) is 24.2. The van der Waals surface area contributed by atoms with Crippen LogP contribution in [-0.2, 0) is 26.6 Å². The highest BCUT2D eigenvalue weighted by molar-refractivity contribution is 5.81. The van der Waals surface area contributed by atoms with Gasteiger partial charge in [-0.3, -0.25) is 14.1 Å². The lowest BCUT2D eigenvalue weighted by molar-refractivity contribution is 0.281. The minimum absolute atomic E-state index is 0.141. The van der Waals surface area contributed by atoms with Gasteiger partial charge in [0.15, 0.2) is 5.82 Å². The van der Waals surface area contributed by atoms with Gasteiger partial charge in [-0.1, -0.05) is 37.6 Å². The number of unbranched alkanes of at least 4 members (excludes halogenated alkanes) is 1. The summed E-state index contributed by atoms with van der Waals surface area (Å²) in [5.41, 5.74) is 5.16. The van der Waals surface area contributed by atoms with E-state index in [1.807, 2.05) is 65.0 Å². The fourth-order valence-corrected chi connectivity index (χ4v) is 4.61. The summed E-state index contributed by atoms with van der Waals surface area (Å²) in [6.45, 7) is 2.35. The zero-order valence-corrected chi connectivity index (χ0v) is 20.3. The van der Waals surface area contributed by atoms with E-state index in [0.29, 0.717) is 23.8 Å². The number of pyridine rings is 1. The number of aliphatic hydroxyl groups is 1. The second kappa shape index (κ2) is 10.1. The quantitative estimate of drug-likeness (QED) is 0.332. The van der Waals surface area contributed by atoms with Gasteiger partial charge in [0.05, 0.1) is 13.2 Å². The van der Waals surface area contributed by atoms with Crippen molar-refractivity contribution in [1.29, 1.82) is 0 Å². The second-order valence-corrected chi connectivity index (χ2v) is 8.72. The molecule has 10 heteroatoms. The van der Waals surface area contributed by atoms with Crippen molar-refractivity contribution in [1.82, 2.24) is 39.3 Å². The third-order valence-corrected chi connectivity index (χ3v) is 6.42. The second-order valence-electron chi connectivity index (χ2n) is 8.72. The van der Waals surface area contributed by atoms with Crippen LogP contribution in [0.1, 0.15) is 36.6 Å². The Morgan fingerprint density at radius 1 is 1.06 bits per heavy atom. The van der Waals surface area contributed by atoms with E-state index in [2.05, 4.69) is 32.5 Å². The Morgan fingerprint density at radius 3 is 2.64 bits per heavy atom. The van der Waals surface area contributed by atoms with E-state index in [9.17, 15) is 9.90 Å². The number of benzene rings is 1. The number of aryl methyl sites for hydroxylation is 2. The number of hydrogen-bond donors (Lipinski definition) is 2. The van der Waals surface area contributed by atoms with Crippen LogP contribution >= 0.6 is 0 Å². The van der Waals surface area contributed by atoms with Crippen LogP contribution < -0.4 is 5.69 Å². The maximum absolute atomic E-state index is 13.8. The van der Waals surface area contributed by atoms with Crippen molar-refractivity contribution in [2.24, 2.45) is 7.05 Å². The molecule has 0 bridgehead atoms. The lowest BCUT2D eigenvalue weighted by atomic mass is 9.96. The standard InChI is InChI=1S/C26H28N8O2/c1-3-4-7-20-16-34(25-18(17-35)11-13-32(25)2)26(36)33(20)15-19-14-27-12-10-21(19)22-8-5-6-9-23(22)24-28-30-31-29-24/h5-6,8-14,16,35H,3-4,7,15,17H2,1-2H3,(H,28,29,30,31). The van der Waals surface area contributed by atoms with Gasteiger partial charge in [0.2, 0.25) is 0 Å². The van der Waals surface area contributed by atoms with E-state index in [-0.39, 0.29) is 12.3 Å². The highest BCUT2D eigenvalue weighted by Crippen LogP contribution is 2.32. The lowest BCUT2D eigenvalue weighted by Gasteiger charge is -2.14. The van der Waals surface area contributed by atoms with Gasteiger partial charge < -0.3 is 9.67 Å². The maximum atomic E-state index is 13.8. The average Bonchev–Trinajstić information content (AvgIpc) is 3.64. The Balaban J connectivity index is 1.62. The fourth-order valence-electron chi connectivity index (χ4n) is 4.61. The number of tetrazole rings is 1. The van der Waals surface area contributed by atoms with E-state index in [1.54, 1.807) is 17.0 Å². The van der Waals surface area contributed by atoms with E-state index in [0.717, 1.165) is 47.2 Å². The normalized spacial score (nSPS) is 11.3. The predicted molar refractivity (Wildman–Crippen MR) is 135 cm³/mol. The van der Waals surface area contributed by atoms with Crippen LogP contribution in [0.4, 0.5) is 0 Å². The Labute approximate surface area is 207 Å². The van der Waals surface area contributed by atoms with Gasteiger partial charge in [0.1, 0.15) is 5.82 Å². The van der Waals surface area contributed by atoms with Crippen LogP contribution in [0.3, 0.4) is 0 Å². The molecule has 0 aliphatic rings. The van der Waals surface area contributed by atoms with Crippen LogP contribution in [-0.4, -0.2) is 44.4 Å². The molecule has 0 aliphatic carbocycles.